The number of nitrogens with one attached hydrogen (secondary N) is 1. The first-order chi connectivity index (χ1) is 9.20. The highest BCUT2D eigenvalue weighted by Gasteiger charge is 2.10. The third kappa shape index (κ3) is 1.84. The number of H-pyrrole nitrogens is 1. The topological polar surface area (TPSA) is 81.6 Å². The van der Waals surface area contributed by atoms with E-state index < -0.39 is 0 Å². The van der Waals surface area contributed by atoms with E-state index in [1.165, 1.54) is 4.68 Å². The van der Waals surface area contributed by atoms with Crippen molar-refractivity contribution in [1.29, 1.82) is 0 Å². The third-order valence-corrected chi connectivity index (χ3v) is 3.32. The summed E-state index contributed by atoms with van der Waals surface area (Å²) in [5.74, 6) is 6.37. The molecule has 7 heteroatoms. The van der Waals surface area contributed by atoms with Gasteiger partial charge in [-0.25, -0.2) is 4.68 Å². The molecule has 0 fully saturated rings. The molecule has 19 heavy (non-hydrogen) atoms. The Bertz CT molecular complexity index is 813. The molecule has 0 bridgehead atoms. The van der Waals surface area contributed by atoms with Crippen LogP contribution < -0.4 is 5.84 Å². The van der Waals surface area contributed by atoms with Crippen molar-refractivity contribution >= 4 is 29.4 Å². The number of carbonyl (C=O) groups is 1. The average Bonchev–Trinajstić information content (AvgIpc) is 2.95. The maximum atomic E-state index is 11.1. The van der Waals surface area contributed by atoms with Crippen LogP contribution in [0.5, 0.6) is 0 Å². The predicted octanol–water partition coefficient (Wildman–Crippen LogP) is 1.47. The second-order valence-electron chi connectivity index (χ2n) is 4.16. The Balaban J connectivity index is 2.13. The van der Waals surface area contributed by atoms with Crippen LogP contribution in [-0.4, -0.2) is 25.7 Å². The summed E-state index contributed by atoms with van der Waals surface area (Å²) >= 11 is 4.97. The molecular formula is C12H11N5OS. The molecule has 1 aromatic carbocycles. The van der Waals surface area contributed by atoms with E-state index in [4.69, 9.17) is 18.1 Å². The van der Waals surface area contributed by atoms with E-state index >= 15 is 0 Å². The number of nitrogens with zero attached hydrogens (tertiary/aromatic N) is 3. The molecule has 0 aliphatic rings. The van der Waals surface area contributed by atoms with Gasteiger partial charge in [0.15, 0.2) is 12.1 Å². The van der Waals surface area contributed by atoms with E-state index in [1.54, 1.807) is 6.20 Å². The highest BCUT2D eigenvalue weighted by Crippen LogP contribution is 2.20. The monoisotopic (exact) mass is 273 g/mol. The normalized spacial score (nSPS) is 10.9. The molecule has 6 nitrogen and oxygen atoms in total. The number of hydrogen-bond acceptors (Lipinski definition) is 4. The average molecular weight is 273 g/mol. The SMILES string of the molecule is Nn1c(Cn2cc(C=O)c3ccccc32)n[nH]c1=S. The van der Waals surface area contributed by atoms with E-state index in [1.807, 2.05) is 28.8 Å². The molecule has 0 spiro atoms. The van der Waals surface area contributed by atoms with Crippen LogP contribution in [0.1, 0.15) is 16.2 Å². The molecule has 3 aromatic rings. The predicted molar refractivity (Wildman–Crippen MR) is 74.0 cm³/mol. The summed E-state index contributed by atoms with van der Waals surface area (Å²) < 4.78 is 3.61. The lowest BCUT2D eigenvalue weighted by Crippen LogP contribution is -2.15. The number of hydrogen-bond donors (Lipinski definition) is 2. The molecule has 0 aliphatic carbocycles. The minimum atomic E-state index is 0.363. The van der Waals surface area contributed by atoms with Crippen LogP contribution >= 0.6 is 12.2 Å². The summed E-state index contributed by atoms with van der Waals surface area (Å²) in [5, 5.41) is 7.61. The summed E-state index contributed by atoms with van der Waals surface area (Å²) in [6.45, 7) is 0.442. The third-order valence-electron chi connectivity index (χ3n) is 3.04. The molecule has 0 atom stereocenters. The highest BCUT2D eigenvalue weighted by atomic mass is 32.1. The Morgan fingerprint density at radius 2 is 2.21 bits per heavy atom. The molecule has 0 unspecified atom stereocenters. The number of nitrogen functional groups attached to an aromatic ring is 1. The van der Waals surface area contributed by atoms with Crippen LogP contribution in [0.15, 0.2) is 30.5 Å². The highest BCUT2D eigenvalue weighted by molar-refractivity contribution is 7.71. The largest absolute Gasteiger partial charge is 0.339 e. The molecule has 0 saturated carbocycles. The van der Waals surface area contributed by atoms with Crippen LogP contribution in [0.25, 0.3) is 10.9 Å². The summed E-state index contributed by atoms with van der Waals surface area (Å²) in [6, 6.07) is 7.69. The fourth-order valence-electron chi connectivity index (χ4n) is 2.10. The van der Waals surface area contributed by atoms with Gasteiger partial charge in [-0.2, -0.15) is 5.10 Å². The second-order valence-corrected chi connectivity index (χ2v) is 4.55. The Kier molecular flexibility index (Phi) is 2.68. The van der Waals surface area contributed by atoms with E-state index in [-0.39, 0.29) is 0 Å². The molecule has 2 heterocycles. The van der Waals surface area contributed by atoms with Crippen molar-refractivity contribution in [2.45, 2.75) is 6.54 Å². The van der Waals surface area contributed by atoms with Crippen molar-refractivity contribution in [3.63, 3.8) is 0 Å². The van der Waals surface area contributed by atoms with Gasteiger partial charge in [0, 0.05) is 22.7 Å². The Morgan fingerprint density at radius 3 is 2.89 bits per heavy atom. The Labute approximate surface area is 113 Å². The molecule has 3 N–H and O–H groups in total. The number of nitrogens with two attached hydrogens (primary N) is 1. The lowest BCUT2D eigenvalue weighted by Gasteiger charge is -2.04. The van der Waals surface area contributed by atoms with Gasteiger partial charge in [0.05, 0.1) is 6.54 Å². The van der Waals surface area contributed by atoms with Crippen molar-refractivity contribution in [2.75, 3.05) is 5.84 Å². The first kappa shape index (κ1) is 11.7. The lowest BCUT2D eigenvalue weighted by molar-refractivity contribution is 0.112. The van der Waals surface area contributed by atoms with Crippen molar-refractivity contribution < 1.29 is 4.79 Å². The number of rotatable bonds is 3. The van der Waals surface area contributed by atoms with Gasteiger partial charge in [0.2, 0.25) is 4.77 Å². The van der Waals surface area contributed by atoms with E-state index in [0.29, 0.717) is 22.7 Å². The van der Waals surface area contributed by atoms with Crippen LogP contribution in [0, 0.1) is 4.77 Å². The fourth-order valence-corrected chi connectivity index (χ4v) is 2.25. The number of fused-ring (bicyclic) bond motifs is 1. The van der Waals surface area contributed by atoms with Gasteiger partial charge in [0.1, 0.15) is 0 Å². The fraction of sp³-hybridized carbons (Fsp3) is 0.0833. The summed E-state index contributed by atoms with van der Waals surface area (Å²) in [5.41, 5.74) is 1.60. The number of aldehydes is 1. The minimum absolute atomic E-state index is 0.363. The van der Waals surface area contributed by atoms with Crippen LogP contribution in [0.3, 0.4) is 0 Å². The number of benzene rings is 1. The number of aromatic nitrogens is 4. The first-order valence-corrected chi connectivity index (χ1v) is 6.06. The van der Waals surface area contributed by atoms with Crippen molar-refractivity contribution in [3.8, 4) is 0 Å². The quantitative estimate of drug-likeness (QED) is 0.430. The molecule has 96 valence electrons. The minimum Gasteiger partial charge on any atom is -0.339 e. The zero-order chi connectivity index (χ0) is 13.4. The molecule has 0 amide bonds. The first-order valence-electron chi connectivity index (χ1n) is 5.65. The van der Waals surface area contributed by atoms with Gasteiger partial charge < -0.3 is 10.4 Å². The van der Waals surface area contributed by atoms with E-state index in [2.05, 4.69) is 10.2 Å². The van der Waals surface area contributed by atoms with E-state index in [9.17, 15) is 4.79 Å². The molecule has 0 saturated heterocycles. The van der Waals surface area contributed by atoms with Crippen LogP contribution in [0.2, 0.25) is 0 Å². The lowest BCUT2D eigenvalue weighted by atomic mass is 10.2. The van der Waals surface area contributed by atoms with Crippen LogP contribution in [-0.2, 0) is 6.54 Å². The molecular weight excluding hydrogens is 262 g/mol. The Morgan fingerprint density at radius 1 is 1.42 bits per heavy atom. The molecule has 0 aliphatic heterocycles. The summed E-state index contributed by atoms with van der Waals surface area (Å²) in [7, 11) is 0. The van der Waals surface area contributed by atoms with Crippen molar-refractivity contribution in [1.82, 2.24) is 19.4 Å². The second kappa shape index (κ2) is 4.36. The maximum absolute atomic E-state index is 11.1. The summed E-state index contributed by atoms with van der Waals surface area (Å²) in [6.07, 6.45) is 2.63. The molecule has 0 radical (unpaired) electrons. The zero-order valence-electron chi connectivity index (χ0n) is 9.91. The van der Waals surface area contributed by atoms with Crippen molar-refractivity contribution in [2.24, 2.45) is 0 Å². The van der Waals surface area contributed by atoms with Gasteiger partial charge in [-0.15, -0.1) is 0 Å². The van der Waals surface area contributed by atoms with E-state index in [0.717, 1.165) is 17.2 Å². The van der Waals surface area contributed by atoms with Gasteiger partial charge in [0.25, 0.3) is 0 Å². The standard InChI is InChI=1S/C12H11N5OS/c13-17-11(14-15-12(17)19)6-16-5-8(7-18)9-3-1-2-4-10(9)16/h1-5,7H,6,13H2,(H,15,19). The van der Waals surface area contributed by atoms with Gasteiger partial charge in [-0.1, -0.05) is 18.2 Å². The van der Waals surface area contributed by atoms with Gasteiger partial charge >= 0.3 is 0 Å². The summed E-state index contributed by atoms with van der Waals surface area (Å²) in [4.78, 5) is 11.1. The smallest absolute Gasteiger partial charge is 0.214 e. The maximum Gasteiger partial charge on any atom is 0.214 e. The number of aromatic amines is 1. The van der Waals surface area contributed by atoms with Gasteiger partial charge in [-0.05, 0) is 18.3 Å². The molecule has 3 rings (SSSR count). The number of carbonyl (C=O) groups excluding carboxylic acids is 1. The number of para-hydroxylation sites is 1. The van der Waals surface area contributed by atoms with Gasteiger partial charge in [-0.3, -0.25) is 9.89 Å². The van der Waals surface area contributed by atoms with Crippen molar-refractivity contribution in [3.05, 3.63) is 46.6 Å². The zero-order valence-corrected chi connectivity index (χ0v) is 10.7. The molecule has 2 aromatic heterocycles. The Hall–Kier alpha value is -2.41. The van der Waals surface area contributed by atoms with Crippen LogP contribution in [0.4, 0.5) is 0 Å².